The lowest BCUT2D eigenvalue weighted by Gasteiger charge is -2.30. The van der Waals surface area contributed by atoms with Crippen LogP contribution in [0.5, 0.6) is 0 Å². The summed E-state index contributed by atoms with van der Waals surface area (Å²) in [5.41, 5.74) is -0.610. The molecule has 2 rings (SSSR count). The van der Waals surface area contributed by atoms with Crippen LogP contribution < -0.4 is 0 Å². The lowest BCUT2D eigenvalue weighted by atomic mass is 9.89. The Morgan fingerprint density at radius 1 is 0.882 bits per heavy atom. The molecule has 0 aliphatic carbocycles. The van der Waals surface area contributed by atoms with Crippen molar-refractivity contribution < 1.29 is 10.2 Å². The van der Waals surface area contributed by atoms with Crippen molar-refractivity contribution in [2.45, 2.75) is 13.1 Å². The van der Waals surface area contributed by atoms with Crippen LogP contribution in [0.1, 0.15) is 0 Å². The molecule has 2 heterocycles. The Morgan fingerprint density at radius 2 is 1.35 bits per heavy atom. The van der Waals surface area contributed by atoms with Crippen molar-refractivity contribution in [3.8, 4) is 0 Å². The van der Waals surface area contributed by atoms with Crippen LogP contribution in [0.25, 0.3) is 0 Å². The molecule has 0 spiro atoms. The van der Waals surface area contributed by atoms with Gasteiger partial charge in [0.25, 0.3) is 0 Å². The number of hydrogen-bond donors (Lipinski definition) is 2. The van der Waals surface area contributed by atoms with Gasteiger partial charge in [0, 0.05) is 37.9 Å². The van der Waals surface area contributed by atoms with E-state index in [1.165, 1.54) is 0 Å². The van der Waals surface area contributed by atoms with Gasteiger partial charge in [-0.15, -0.1) is 0 Å². The van der Waals surface area contributed by atoms with Gasteiger partial charge in [-0.25, -0.2) is 9.97 Å². The number of aliphatic hydroxyl groups is 2. The molecule has 0 unspecified atom stereocenters. The highest BCUT2D eigenvalue weighted by atomic mass is 16.3. The van der Waals surface area contributed by atoms with Crippen LogP contribution in [0.2, 0.25) is 0 Å². The third kappa shape index (κ3) is 2.72. The fourth-order valence-corrected chi connectivity index (χ4v) is 1.84. The Labute approximate surface area is 99.2 Å². The molecule has 0 aromatic carbocycles. The fourth-order valence-electron chi connectivity index (χ4n) is 1.84. The zero-order chi connectivity index (χ0) is 12.1. The Kier molecular flexibility index (Phi) is 3.55. The van der Waals surface area contributed by atoms with E-state index in [0.717, 1.165) is 0 Å². The highest BCUT2D eigenvalue weighted by Gasteiger charge is 2.29. The second kappa shape index (κ2) is 5.11. The highest BCUT2D eigenvalue weighted by molar-refractivity contribution is 4.86. The molecule has 2 aromatic rings. The summed E-state index contributed by atoms with van der Waals surface area (Å²) in [6.07, 6.45) is 10.3. The van der Waals surface area contributed by atoms with Gasteiger partial charge < -0.3 is 19.3 Å². The highest BCUT2D eigenvalue weighted by Crippen LogP contribution is 2.21. The van der Waals surface area contributed by atoms with E-state index in [1.54, 1.807) is 25.0 Å². The third-order valence-corrected chi connectivity index (χ3v) is 2.83. The Bertz CT molecular complexity index is 382. The minimum Gasteiger partial charge on any atom is -0.396 e. The van der Waals surface area contributed by atoms with E-state index >= 15 is 0 Å². The fraction of sp³-hybridized carbons (Fsp3) is 0.455. The SMILES string of the molecule is OCC(CO)(Cn1ccnc1)Cn1ccnc1. The number of rotatable bonds is 6. The Balaban J connectivity index is 2.13. The van der Waals surface area contributed by atoms with Crippen LogP contribution in [0, 0.1) is 5.41 Å². The number of aliphatic hydroxyl groups excluding tert-OH is 2. The average Bonchev–Trinajstić information content (AvgIpc) is 3.01. The molecule has 0 amide bonds. The maximum Gasteiger partial charge on any atom is 0.0946 e. The van der Waals surface area contributed by atoms with Crippen LogP contribution in [-0.4, -0.2) is 42.5 Å². The largest absolute Gasteiger partial charge is 0.396 e. The molecule has 17 heavy (non-hydrogen) atoms. The summed E-state index contributed by atoms with van der Waals surface area (Å²) in [4.78, 5) is 7.91. The van der Waals surface area contributed by atoms with Gasteiger partial charge in [0.05, 0.1) is 31.3 Å². The van der Waals surface area contributed by atoms with Crippen molar-refractivity contribution in [2.75, 3.05) is 13.2 Å². The van der Waals surface area contributed by atoms with E-state index in [4.69, 9.17) is 0 Å². The standard InChI is InChI=1S/C11H16N4O2/c16-7-11(8-17,5-14-3-1-12-9-14)6-15-4-2-13-10-15/h1-4,9-10,16-17H,5-8H2. The Morgan fingerprint density at radius 3 is 1.65 bits per heavy atom. The van der Waals surface area contributed by atoms with Crippen molar-refractivity contribution in [3.05, 3.63) is 37.4 Å². The number of aromatic nitrogens is 4. The number of imidazole rings is 2. The van der Waals surface area contributed by atoms with E-state index in [2.05, 4.69) is 9.97 Å². The topological polar surface area (TPSA) is 76.1 Å². The quantitative estimate of drug-likeness (QED) is 0.725. The zero-order valence-corrected chi connectivity index (χ0v) is 9.48. The van der Waals surface area contributed by atoms with Gasteiger partial charge >= 0.3 is 0 Å². The molecular weight excluding hydrogens is 220 g/mol. The van der Waals surface area contributed by atoms with Gasteiger partial charge in [0.2, 0.25) is 0 Å². The molecule has 6 nitrogen and oxygen atoms in total. The monoisotopic (exact) mass is 236 g/mol. The molecular formula is C11H16N4O2. The van der Waals surface area contributed by atoms with Gasteiger partial charge in [-0.2, -0.15) is 0 Å². The van der Waals surface area contributed by atoms with Gasteiger partial charge in [-0.3, -0.25) is 0 Å². The van der Waals surface area contributed by atoms with Crippen LogP contribution in [0.4, 0.5) is 0 Å². The zero-order valence-electron chi connectivity index (χ0n) is 9.48. The predicted octanol–water partition coefficient (Wildman–Crippen LogP) is -0.249. The van der Waals surface area contributed by atoms with Crippen LogP contribution in [-0.2, 0) is 13.1 Å². The van der Waals surface area contributed by atoms with Crippen molar-refractivity contribution >= 4 is 0 Å². The lowest BCUT2D eigenvalue weighted by Crippen LogP contribution is -2.38. The smallest absolute Gasteiger partial charge is 0.0946 e. The molecule has 0 fully saturated rings. The minimum atomic E-state index is -0.610. The predicted molar refractivity (Wildman–Crippen MR) is 61.1 cm³/mol. The van der Waals surface area contributed by atoms with Gasteiger partial charge in [-0.1, -0.05) is 0 Å². The lowest BCUT2D eigenvalue weighted by molar-refractivity contribution is 0.0250. The van der Waals surface area contributed by atoms with Crippen LogP contribution in [0.3, 0.4) is 0 Å². The second-order valence-electron chi connectivity index (χ2n) is 4.29. The second-order valence-corrected chi connectivity index (χ2v) is 4.29. The molecule has 0 aliphatic heterocycles. The first kappa shape index (κ1) is 11.8. The molecule has 0 aliphatic rings. The molecule has 0 saturated carbocycles. The molecule has 92 valence electrons. The summed E-state index contributed by atoms with van der Waals surface area (Å²) in [5, 5.41) is 19.1. The van der Waals surface area contributed by atoms with Crippen molar-refractivity contribution in [1.82, 2.24) is 19.1 Å². The van der Waals surface area contributed by atoms with Gasteiger partial charge in [0.15, 0.2) is 0 Å². The summed E-state index contributed by atoms with van der Waals surface area (Å²) < 4.78 is 3.70. The van der Waals surface area contributed by atoms with Crippen LogP contribution >= 0.6 is 0 Å². The minimum absolute atomic E-state index is 0.0974. The van der Waals surface area contributed by atoms with Crippen molar-refractivity contribution in [2.24, 2.45) is 5.41 Å². The van der Waals surface area contributed by atoms with E-state index in [0.29, 0.717) is 13.1 Å². The molecule has 6 heteroatoms. The number of hydrogen-bond acceptors (Lipinski definition) is 4. The summed E-state index contributed by atoms with van der Waals surface area (Å²) in [5.74, 6) is 0. The maximum atomic E-state index is 9.55. The molecule has 2 N–H and O–H groups in total. The first-order valence-electron chi connectivity index (χ1n) is 5.41. The average molecular weight is 236 g/mol. The van der Waals surface area contributed by atoms with E-state index < -0.39 is 5.41 Å². The molecule has 2 aromatic heterocycles. The molecule has 0 bridgehead atoms. The normalized spacial score (nSPS) is 11.9. The van der Waals surface area contributed by atoms with E-state index in [-0.39, 0.29) is 13.2 Å². The van der Waals surface area contributed by atoms with Crippen molar-refractivity contribution in [1.29, 1.82) is 0 Å². The van der Waals surface area contributed by atoms with E-state index in [9.17, 15) is 10.2 Å². The Hall–Kier alpha value is -1.66. The molecule has 0 atom stereocenters. The summed E-state index contributed by atoms with van der Waals surface area (Å²) in [6, 6.07) is 0. The summed E-state index contributed by atoms with van der Waals surface area (Å²) in [7, 11) is 0. The van der Waals surface area contributed by atoms with Gasteiger partial charge in [0.1, 0.15) is 0 Å². The molecule has 0 radical (unpaired) electrons. The summed E-state index contributed by atoms with van der Waals surface area (Å²) >= 11 is 0. The van der Waals surface area contributed by atoms with Gasteiger partial charge in [-0.05, 0) is 0 Å². The molecule has 0 saturated heterocycles. The third-order valence-electron chi connectivity index (χ3n) is 2.83. The van der Waals surface area contributed by atoms with E-state index in [1.807, 2.05) is 21.5 Å². The maximum absolute atomic E-state index is 9.55. The van der Waals surface area contributed by atoms with Crippen LogP contribution in [0.15, 0.2) is 37.4 Å². The number of nitrogens with zero attached hydrogens (tertiary/aromatic N) is 4. The first-order valence-corrected chi connectivity index (χ1v) is 5.41. The first-order chi connectivity index (χ1) is 8.28. The summed E-state index contributed by atoms with van der Waals surface area (Å²) in [6.45, 7) is 0.829. The van der Waals surface area contributed by atoms with Crippen molar-refractivity contribution in [3.63, 3.8) is 0 Å².